The van der Waals surface area contributed by atoms with Crippen LogP contribution in [-0.4, -0.2) is 24.6 Å². The van der Waals surface area contributed by atoms with E-state index in [2.05, 4.69) is 12.2 Å². The van der Waals surface area contributed by atoms with Crippen LogP contribution in [0.1, 0.15) is 24.5 Å². The van der Waals surface area contributed by atoms with Crippen LogP contribution in [0.15, 0.2) is 48.5 Å². The quantitative estimate of drug-likeness (QED) is 0.715. The average molecular weight is 394 g/mol. The van der Waals surface area contributed by atoms with Crippen molar-refractivity contribution in [1.29, 1.82) is 0 Å². The van der Waals surface area contributed by atoms with E-state index in [9.17, 15) is 22.8 Å². The molecule has 0 fully saturated rings. The number of nitrogens with one attached hydrogen (secondary N) is 2. The summed E-state index contributed by atoms with van der Waals surface area (Å²) in [5, 5.41) is 4.41. The summed E-state index contributed by atoms with van der Waals surface area (Å²) >= 11 is 0. The number of anilines is 1. The van der Waals surface area contributed by atoms with E-state index < -0.39 is 12.1 Å². The molecule has 8 heteroatoms. The molecule has 0 radical (unpaired) electrons. The first-order chi connectivity index (χ1) is 13.3. The summed E-state index contributed by atoms with van der Waals surface area (Å²) in [6.07, 6.45) is -2.90. The molecule has 2 amide bonds. The van der Waals surface area contributed by atoms with E-state index in [0.717, 1.165) is 12.8 Å². The normalized spacial score (nSPS) is 11.0. The third kappa shape index (κ3) is 6.94. The molecule has 0 aromatic heterocycles. The number of carbonyl (C=O) groups is 2. The van der Waals surface area contributed by atoms with Gasteiger partial charge in [0.1, 0.15) is 5.75 Å². The summed E-state index contributed by atoms with van der Waals surface area (Å²) in [5.74, 6) is -1.76. The van der Waals surface area contributed by atoms with Crippen LogP contribution >= 0.6 is 0 Å². The van der Waals surface area contributed by atoms with Gasteiger partial charge in [0.2, 0.25) is 0 Å². The minimum atomic E-state index is -4.94. The number of hydrogen-bond donors (Lipinski definition) is 2. The van der Waals surface area contributed by atoms with Gasteiger partial charge in [-0.05, 0) is 41.8 Å². The molecule has 0 unspecified atom stereocenters. The summed E-state index contributed by atoms with van der Waals surface area (Å²) in [6, 6.07) is 13.2. The van der Waals surface area contributed by atoms with Gasteiger partial charge < -0.3 is 15.4 Å². The van der Waals surface area contributed by atoms with Crippen LogP contribution in [0.4, 0.5) is 18.9 Å². The summed E-state index contributed by atoms with van der Waals surface area (Å²) in [4.78, 5) is 22.7. The molecule has 5 nitrogen and oxygen atoms in total. The summed E-state index contributed by atoms with van der Waals surface area (Å²) in [5.41, 5.74) is 1.89. The SMILES string of the molecule is CCCc1ccc(OCC(=O)NCc2ccc(NC(=O)C(F)(F)F)cc2)cc1. The van der Waals surface area contributed by atoms with Crippen molar-refractivity contribution in [2.24, 2.45) is 0 Å². The highest BCUT2D eigenvalue weighted by Gasteiger charge is 2.38. The van der Waals surface area contributed by atoms with Gasteiger partial charge in [0.15, 0.2) is 6.61 Å². The van der Waals surface area contributed by atoms with Crippen molar-refractivity contribution in [2.75, 3.05) is 11.9 Å². The fraction of sp³-hybridized carbons (Fsp3) is 0.300. The second-order valence-electron chi connectivity index (χ2n) is 6.11. The first-order valence-corrected chi connectivity index (χ1v) is 8.73. The lowest BCUT2D eigenvalue weighted by Gasteiger charge is -2.10. The third-order valence-corrected chi connectivity index (χ3v) is 3.79. The monoisotopic (exact) mass is 394 g/mol. The number of ether oxygens (including phenoxy) is 1. The van der Waals surface area contributed by atoms with Gasteiger partial charge in [-0.25, -0.2) is 0 Å². The Morgan fingerprint density at radius 1 is 0.964 bits per heavy atom. The van der Waals surface area contributed by atoms with Crippen LogP contribution in [0.3, 0.4) is 0 Å². The number of carbonyl (C=O) groups excluding carboxylic acids is 2. The summed E-state index contributed by atoms with van der Waals surface area (Å²) in [7, 11) is 0. The molecule has 0 heterocycles. The number of aryl methyl sites for hydroxylation is 1. The fourth-order valence-corrected chi connectivity index (χ4v) is 2.35. The van der Waals surface area contributed by atoms with E-state index in [-0.39, 0.29) is 24.7 Å². The number of halogens is 3. The second-order valence-corrected chi connectivity index (χ2v) is 6.11. The maximum Gasteiger partial charge on any atom is 0.471 e. The van der Waals surface area contributed by atoms with E-state index in [4.69, 9.17) is 4.74 Å². The maximum absolute atomic E-state index is 12.2. The lowest BCUT2D eigenvalue weighted by atomic mass is 10.1. The van der Waals surface area contributed by atoms with Crippen LogP contribution in [0.2, 0.25) is 0 Å². The zero-order valence-corrected chi connectivity index (χ0v) is 15.3. The molecule has 0 atom stereocenters. The van der Waals surface area contributed by atoms with Crippen molar-refractivity contribution in [3.8, 4) is 5.75 Å². The Bertz CT molecular complexity index is 788. The molecule has 28 heavy (non-hydrogen) atoms. The van der Waals surface area contributed by atoms with Crippen LogP contribution in [0.5, 0.6) is 5.75 Å². The highest BCUT2D eigenvalue weighted by Crippen LogP contribution is 2.18. The van der Waals surface area contributed by atoms with Gasteiger partial charge >= 0.3 is 12.1 Å². The van der Waals surface area contributed by atoms with Crippen molar-refractivity contribution < 1.29 is 27.5 Å². The van der Waals surface area contributed by atoms with Crippen molar-refractivity contribution in [2.45, 2.75) is 32.5 Å². The topological polar surface area (TPSA) is 67.4 Å². The number of rotatable bonds is 8. The first kappa shape index (κ1) is 21.3. The van der Waals surface area contributed by atoms with E-state index >= 15 is 0 Å². The molecule has 2 aromatic carbocycles. The number of alkyl halides is 3. The van der Waals surface area contributed by atoms with Gasteiger partial charge in [0, 0.05) is 12.2 Å². The molecular formula is C20H21F3N2O3. The molecule has 0 saturated heterocycles. The minimum Gasteiger partial charge on any atom is -0.484 e. The zero-order chi connectivity index (χ0) is 20.6. The van der Waals surface area contributed by atoms with Crippen LogP contribution < -0.4 is 15.4 Å². The predicted molar refractivity (Wildman–Crippen MR) is 98.9 cm³/mol. The Balaban J connectivity index is 1.75. The van der Waals surface area contributed by atoms with Crippen LogP contribution in [0.25, 0.3) is 0 Å². The van der Waals surface area contributed by atoms with Crippen molar-refractivity contribution in [1.82, 2.24) is 5.32 Å². The molecule has 0 bridgehead atoms. The second kappa shape index (κ2) is 9.77. The standard InChI is InChI=1S/C20H21F3N2O3/c1-2-3-14-6-10-17(11-7-14)28-13-18(26)24-12-15-4-8-16(9-5-15)25-19(27)20(21,22)23/h4-11H,2-3,12-13H2,1H3,(H,24,26)(H,25,27). The van der Waals surface area contributed by atoms with Gasteiger partial charge in [-0.15, -0.1) is 0 Å². The van der Waals surface area contributed by atoms with Crippen molar-refractivity contribution >= 4 is 17.5 Å². The number of hydrogen-bond acceptors (Lipinski definition) is 3. The molecule has 2 aromatic rings. The molecule has 2 N–H and O–H groups in total. The van der Waals surface area contributed by atoms with Crippen LogP contribution in [0, 0.1) is 0 Å². The Morgan fingerprint density at radius 3 is 2.14 bits per heavy atom. The van der Waals surface area contributed by atoms with Gasteiger partial charge in [-0.3, -0.25) is 9.59 Å². The molecule has 0 aliphatic carbocycles. The third-order valence-electron chi connectivity index (χ3n) is 3.79. The average Bonchev–Trinajstić information content (AvgIpc) is 2.66. The van der Waals surface area contributed by atoms with Crippen molar-refractivity contribution in [3.05, 3.63) is 59.7 Å². The fourth-order valence-electron chi connectivity index (χ4n) is 2.35. The lowest BCUT2D eigenvalue weighted by Crippen LogP contribution is -2.30. The molecular weight excluding hydrogens is 373 g/mol. The molecule has 0 spiro atoms. The van der Waals surface area contributed by atoms with Gasteiger partial charge in [0.25, 0.3) is 5.91 Å². The van der Waals surface area contributed by atoms with E-state index in [1.807, 2.05) is 24.3 Å². The molecule has 0 saturated carbocycles. The van der Waals surface area contributed by atoms with E-state index in [1.165, 1.54) is 29.8 Å². The smallest absolute Gasteiger partial charge is 0.471 e. The predicted octanol–water partition coefficient (Wildman–Crippen LogP) is 3.84. The Kier molecular flexibility index (Phi) is 7.43. The minimum absolute atomic E-state index is 0.0206. The van der Waals surface area contributed by atoms with Crippen LogP contribution in [-0.2, 0) is 22.6 Å². The summed E-state index contributed by atoms with van der Waals surface area (Å²) < 4.78 is 42.0. The molecule has 150 valence electrons. The highest BCUT2D eigenvalue weighted by molar-refractivity contribution is 5.94. The molecule has 2 rings (SSSR count). The largest absolute Gasteiger partial charge is 0.484 e. The number of amides is 2. The van der Waals surface area contributed by atoms with E-state index in [0.29, 0.717) is 11.3 Å². The molecule has 0 aliphatic heterocycles. The molecule has 0 aliphatic rings. The summed E-state index contributed by atoms with van der Waals surface area (Å²) in [6.45, 7) is 2.14. The van der Waals surface area contributed by atoms with Gasteiger partial charge in [0.05, 0.1) is 0 Å². The van der Waals surface area contributed by atoms with E-state index in [1.54, 1.807) is 5.32 Å². The van der Waals surface area contributed by atoms with Gasteiger partial charge in [-0.2, -0.15) is 13.2 Å². The first-order valence-electron chi connectivity index (χ1n) is 8.73. The van der Waals surface area contributed by atoms with Crippen molar-refractivity contribution in [3.63, 3.8) is 0 Å². The maximum atomic E-state index is 12.2. The Morgan fingerprint density at radius 2 is 1.57 bits per heavy atom. The lowest BCUT2D eigenvalue weighted by molar-refractivity contribution is -0.167. The highest BCUT2D eigenvalue weighted by atomic mass is 19.4. The number of benzene rings is 2. The zero-order valence-electron chi connectivity index (χ0n) is 15.3. The van der Waals surface area contributed by atoms with Gasteiger partial charge in [-0.1, -0.05) is 37.6 Å². The Hall–Kier alpha value is -3.03. The Labute approximate surface area is 160 Å².